The van der Waals surface area contributed by atoms with E-state index in [4.69, 9.17) is 10.5 Å². The zero-order valence-corrected chi connectivity index (χ0v) is 9.87. The van der Waals surface area contributed by atoms with Crippen molar-refractivity contribution >= 4 is 5.82 Å². The third-order valence-corrected chi connectivity index (χ3v) is 2.35. The molecular weight excluding hydrogens is 240 g/mol. The molecule has 6 heteroatoms. The average Bonchev–Trinajstić information content (AvgIpc) is 2.29. The van der Waals surface area contributed by atoms with E-state index in [-0.39, 0.29) is 17.4 Å². The van der Waals surface area contributed by atoms with Gasteiger partial charge in [-0.3, -0.25) is 0 Å². The molecule has 1 heterocycles. The molecule has 1 aromatic heterocycles. The number of nitrogen functional groups attached to an aromatic ring is 1. The van der Waals surface area contributed by atoms with E-state index in [1.807, 2.05) is 0 Å². The van der Waals surface area contributed by atoms with Crippen LogP contribution in [0.1, 0.15) is 11.4 Å². The third-order valence-electron chi connectivity index (χ3n) is 2.35. The highest BCUT2D eigenvalue weighted by Gasteiger charge is 2.12. The van der Waals surface area contributed by atoms with E-state index in [9.17, 15) is 8.78 Å². The van der Waals surface area contributed by atoms with Gasteiger partial charge in [-0.25, -0.2) is 13.8 Å². The Hall–Kier alpha value is -2.24. The summed E-state index contributed by atoms with van der Waals surface area (Å²) in [5.74, 6) is -0.752. The fourth-order valence-electron chi connectivity index (χ4n) is 1.39. The number of aromatic nitrogens is 2. The topological polar surface area (TPSA) is 61.0 Å². The van der Waals surface area contributed by atoms with Crippen LogP contribution in [0.4, 0.5) is 14.6 Å². The molecule has 0 amide bonds. The van der Waals surface area contributed by atoms with Crippen LogP contribution in [0.5, 0.6) is 11.6 Å². The van der Waals surface area contributed by atoms with Crippen LogP contribution in [0.3, 0.4) is 0 Å². The fourth-order valence-corrected chi connectivity index (χ4v) is 1.39. The van der Waals surface area contributed by atoms with Gasteiger partial charge in [-0.1, -0.05) is 0 Å². The number of ether oxygens (including phenoxy) is 1. The van der Waals surface area contributed by atoms with Crippen molar-refractivity contribution in [1.82, 2.24) is 9.97 Å². The molecule has 2 rings (SSSR count). The summed E-state index contributed by atoms with van der Waals surface area (Å²) in [6, 6.07) is 3.03. The molecule has 2 aromatic rings. The summed E-state index contributed by atoms with van der Waals surface area (Å²) < 4.78 is 31.5. The van der Waals surface area contributed by atoms with Gasteiger partial charge < -0.3 is 10.5 Å². The summed E-state index contributed by atoms with van der Waals surface area (Å²) in [6.07, 6.45) is 0. The van der Waals surface area contributed by atoms with Crippen molar-refractivity contribution in [3.05, 3.63) is 41.2 Å². The molecule has 0 radical (unpaired) electrons. The molecule has 18 heavy (non-hydrogen) atoms. The lowest BCUT2D eigenvalue weighted by Crippen LogP contribution is -2.03. The van der Waals surface area contributed by atoms with E-state index in [0.717, 1.165) is 12.1 Å². The van der Waals surface area contributed by atoms with Crippen LogP contribution < -0.4 is 10.5 Å². The number of aryl methyl sites for hydroxylation is 1. The Morgan fingerprint density at radius 2 is 1.89 bits per heavy atom. The van der Waals surface area contributed by atoms with Crippen molar-refractivity contribution in [2.45, 2.75) is 13.8 Å². The first-order chi connectivity index (χ1) is 8.47. The van der Waals surface area contributed by atoms with E-state index < -0.39 is 11.6 Å². The molecule has 0 bridgehead atoms. The van der Waals surface area contributed by atoms with Crippen molar-refractivity contribution in [3.63, 3.8) is 0 Å². The molecule has 2 N–H and O–H groups in total. The number of halogens is 2. The number of hydrogen-bond donors (Lipinski definition) is 1. The Bertz CT molecular complexity index is 602. The first kappa shape index (κ1) is 12.2. The van der Waals surface area contributed by atoms with Gasteiger partial charge in [0, 0.05) is 6.07 Å². The maximum atomic E-state index is 13.4. The zero-order valence-electron chi connectivity index (χ0n) is 9.87. The van der Waals surface area contributed by atoms with Gasteiger partial charge in [0.1, 0.15) is 17.5 Å². The van der Waals surface area contributed by atoms with Gasteiger partial charge >= 0.3 is 0 Å². The molecule has 0 aliphatic rings. The summed E-state index contributed by atoms with van der Waals surface area (Å²) in [6.45, 7) is 3.30. The predicted octanol–water partition coefficient (Wildman–Crippen LogP) is 2.75. The number of benzene rings is 1. The third kappa shape index (κ3) is 2.37. The van der Waals surface area contributed by atoms with E-state index in [2.05, 4.69) is 9.97 Å². The lowest BCUT2D eigenvalue weighted by atomic mass is 10.3. The second-order valence-electron chi connectivity index (χ2n) is 3.76. The first-order valence-corrected chi connectivity index (χ1v) is 5.21. The zero-order chi connectivity index (χ0) is 13.3. The molecule has 0 saturated heterocycles. The summed E-state index contributed by atoms with van der Waals surface area (Å²) >= 11 is 0. The molecule has 0 fully saturated rings. The van der Waals surface area contributed by atoms with Crippen LogP contribution in [-0.2, 0) is 0 Å². The molecule has 1 aromatic carbocycles. The van der Waals surface area contributed by atoms with Gasteiger partial charge in [0.05, 0.1) is 5.56 Å². The minimum atomic E-state index is -0.802. The minimum Gasteiger partial charge on any atom is -0.435 e. The summed E-state index contributed by atoms with van der Waals surface area (Å²) in [4.78, 5) is 7.96. The molecule has 0 unspecified atom stereocenters. The van der Waals surface area contributed by atoms with Gasteiger partial charge in [-0.05, 0) is 26.0 Å². The largest absolute Gasteiger partial charge is 0.435 e. The van der Waals surface area contributed by atoms with Crippen LogP contribution in [0, 0.1) is 25.5 Å². The first-order valence-electron chi connectivity index (χ1n) is 5.21. The summed E-state index contributed by atoms with van der Waals surface area (Å²) in [5.41, 5.74) is 6.16. The van der Waals surface area contributed by atoms with Gasteiger partial charge in [0.15, 0.2) is 11.6 Å². The highest BCUT2D eigenvalue weighted by Crippen LogP contribution is 2.27. The standard InChI is InChI=1S/C12H11F2N3O/c1-6-11(15)16-7(2)17-12(6)18-10-4-3-8(13)5-9(10)14/h3-5H,1-2H3,(H2,15,16,17). The van der Waals surface area contributed by atoms with E-state index in [1.54, 1.807) is 13.8 Å². The molecule has 0 atom stereocenters. The quantitative estimate of drug-likeness (QED) is 0.891. The number of hydrogen-bond acceptors (Lipinski definition) is 4. The Labute approximate surface area is 102 Å². The molecule has 0 aliphatic carbocycles. The molecular formula is C12H11F2N3O. The molecule has 0 aliphatic heterocycles. The second-order valence-corrected chi connectivity index (χ2v) is 3.76. The molecule has 4 nitrogen and oxygen atoms in total. The lowest BCUT2D eigenvalue weighted by Gasteiger charge is -2.10. The van der Waals surface area contributed by atoms with Gasteiger partial charge in [0.25, 0.3) is 0 Å². The maximum absolute atomic E-state index is 13.4. The lowest BCUT2D eigenvalue weighted by molar-refractivity contribution is 0.419. The average molecular weight is 251 g/mol. The smallest absolute Gasteiger partial charge is 0.227 e. The van der Waals surface area contributed by atoms with Crippen LogP contribution in [-0.4, -0.2) is 9.97 Å². The van der Waals surface area contributed by atoms with Crippen molar-refractivity contribution in [2.75, 3.05) is 5.73 Å². The number of rotatable bonds is 2. The van der Waals surface area contributed by atoms with E-state index in [1.165, 1.54) is 6.07 Å². The van der Waals surface area contributed by atoms with Crippen molar-refractivity contribution < 1.29 is 13.5 Å². The van der Waals surface area contributed by atoms with Crippen LogP contribution in [0.2, 0.25) is 0 Å². The van der Waals surface area contributed by atoms with Crippen molar-refractivity contribution in [2.24, 2.45) is 0 Å². The van der Waals surface area contributed by atoms with Crippen LogP contribution in [0.25, 0.3) is 0 Å². The normalized spacial score (nSPS) is 10.4. The summed E-state index contributed by atoms with van der Waals surface area (Å²) in [5, 5.41) is 0. The Morgan fingerprint density at radius 3 is 2.56 bits per heavy atom. The van der Waals surface area contributed by atoms with Crippen molar-refractivity contribution in [1.29, 1.82) is 0 Å². The second kappa shape index (κ2) is 4.56. The highest BCUT2D eigenvalue weighted by molar-refractivity contribution is 5.45. The fraction of sp³-hybridized carbons (Fsp3) is 0.167. The Balaban J connectivity index is 2.40. The highest BCUT2D eigenvalue weighted by atomic mass is 19.1. The van der Waals surface area contributed by atoms with Crippen LogP contribution >= 0.6 is 0 Å². The minimum absolute atomic E-state index is 0.114. The van der Waals surface area contributed by atoms with Gasteiger partial charge in [-0.2, -0.15) is 4.98 Å². The Kier molecular flexibility index (Phi) is 3.10. The van der Waals surface area contributed by atoms with Crippen molar-refractivity contribution in [3.8, 4) is 11.6 Å². The number of anilines is 1. The van der Waals surface area contributed by atoms with Gasteiger partial charge in [-0.15, -0.1) is 0 Å². The molecule has 0 saturated carbocycles. The van der Waals surface area contributed by atoms with Gasteiger partial charge in [0.2, 0.25) is 5.88 Å². The Morgan fingerprint density at radius 1 is 1.17 bits per heavy atom. The van der Waals surface area contributed by atoms with E-state index >= 15 is 0 Å². The van der Waals surface area contributed by atoms with Crippen LogP contribution in [0.15, 0.2) is 18.2 Å². The monoisotopic (exact) mass is 251 g/mol. The predicted molar refractivity (Wildman–Crippen MR) is 62.4 cm³/mol. The summed E-state index contributed by atoms with van der Waals surface area (Å²) in [7, 11) is 0. The SMILES string of the molecule is Cc1nc(N)c(C)c(Oc2ccc(F)cc2F)n1. The number of nitrogens with two attached hydrogens (primary N) is 1. The molecule has 0 spiro atoms. The maximum Gasteiger partial charge on any atom is 0.227 e. The van der Waals surface area contributed by atoms with E-state index in [0.29, 0.717) is 11.4 Å². The number of nitrogens with zero attached hydrogens (tertiary/aromatic N) is 2. The molecule has 94 valence electrons.